The summed E-state index contributed by atoms with van der Waals surface area (Å²) < 4.78 is 42.1. The molecule has 0 radical (unpaired) electrons. The smallest absolute Gasteiger partial charge is 0.324 e. The summed E-state index contributed by atoms with van der Waals surface area (Å²) in [6, 6.07) is 15.0. The highest BCUT2D eigenvalue weighted by Crippen LogP contribution is 2.34. The van der Waals surface area contributed by atoms with E-state index in [4.69, 9.17) is 11.6 Å². The number of carbonyl (C=O) groups excluding carboxylic acids is 1. The van der Waals surface area contributed by atoms with E-state index in [0.29, 0.717) is 35.5 Å². The van der Waals surface area contributed by atoms with Gasteiger partial charge in [0, 0.05) is 34.3 Å². The van der Waals surface area contributed by atoms with Crippen molar-refractivity contribution in [1.82, 2.24) is 29.5 Å². The number of alkyl halides is 3. The fourth-order valence-electron chi connectivity index (χ4n) is 5.35. The van der Waals surface area contributed by atoms with E-state index < -0.39 is 17.9 Å². The van der Waals surface area contributed by atoms with Crippen molar-refractivity contribution in [2.45, 2.75) is 38.4 Å². The van der Waals surface area contributed by atoms with Crippen LogP contribution in [-0.4, -0.2) is 35.4 Å². The maximum atomic E-state index is 13.7. The molecule has 2 atom stereocenters. The largest absolute Gasteiger partial charge is 0.436 e. The molecule has 0 aliphatic carbocycles. The highest BCUT2D eigenvalue weighted by molar-refractivity contribution is 6.31. The third-order valence-corrected chi connectivity index (χ3v) is 7.90. The van der Waals surface area contributed by atoms with Crippen molar-refractivity contribution < 1.29 is 18.0 Å². The van der Waals surface area contributed by atoms with Crippen LogP contribution < -0.4 is 10.9 Å². The monoisotopic (exact) mass is 619 g/mol. The van der Waals surface area contributed by atoms with Gasteiger partial charge in [0.05, 0.1) is 41.8 Å². The average Bonchev–Trinajstić information content (AvgIpc) is 3.51. The highest BCUT2D eigenvalue weighted by atomic mass is 35.5. The number of hydrogen-bond acceptors (Lipinski definition) is 6. The normalized spacial score (nSPS) is 17.2. The number of rotatable bonds is 3. The Morgan fingerprint density at radius 3 is 2.64 bits per heavy atom. The van der Waals surface area contributed by atoms with Crippen LogP contribution in [0.15, 0.2) is 84.3 Å². The zero-order chi connectivity index (χ0) is 31.0. The molecule has 1 aliphatic heterocycles. The van der Waals surface area contributed by atoms with E-state index >= 15 is 0 Å². The quantitative estimate of drug-likeness (QED) is 0.245. The summed E-state index contributed by atoms with van der Waals surface area (Å²) in [5, 5.41) is 10.2. The van der Waals surface area contributed by atoms with Gasteiger partial charge in [-0.2, -0.15) is 13.2 Å². The molecule has 4 heterocycles. The van der Waals surface area contributed by atoms with Gasteiger partial charge in [0.25, 0.3) is 5.56 Å². The van der Waals surface area contributed by atoms with Crippen LogP contribution in [0.25, 0.3) is 28.1 Å². The van der Waals surface area contributed by atoms with Crippen LogP contribution in [0.5, 0.6) is 0 Å². The van der Waals surface area contributed by atoms with Gasteiger partial charge in [-0.25, -0.2) is 9.67 Å². The highest BCUT2D eigenvalue weighted by Gasteiger charge is 2.35. The summed E-state index contributed by atoms with van der Waals surface area (Å²) >= 11 is 6.24. The zero-order valence-electron chi connectivity index (χ0n) is 23.3. The van der Waals surface area contributed by atoms with Crippen molar-refractivity contribution in [3.63, 3.8) is 0 Å². The third kappa shape index (κ3) is 5.85. The molecule has 5 aromatic rings. The lowest BCUT2D eigenvalue weighted by Crippen LogP contribution is -2.26. The molecule has 0 saturated carbocycles. The Hall–Kier alpha value is -4.84. The molecule has 0 fully saturated rings. The molecular weight excluding hydrogens is 595 g/mol. The van der Waals surface area contributed by atoms with Crippen molar-refractivity contribution in [2.24, 2.45) is 5.92 Å². The van der Waals surface area contributed by atoms with Gasteiger partial charge >= 0.3 is 6.18 Å². The number of aromatic nitrogens is 6. The van der Waals surface area contributed by atoms with E-state index in [1.165, 1.54) is 35.2 Å². The number of nitrogens with zero attached hydrogens (tertiary/aromatic N) is 6. The zero-order valence-corrected chi connectivity index (χ0v) is 24.0. The van der Waals surface area contributed by atoms with Gasteiger partial charge in [-0.05, 0) is 54.3 Å². The van der Waals surface area contributed by atoms with E-state index in [9.17, 15) is 22.8 Å². The Labute approximate surface area is 254 Å². The molecule has 2 unspecified atom stereocenters. The molecule has 9 nitrogen and oxygen atoms in total. The van der Waals surface area contributed by atoms with Gasteiger partial charge in [-0.3, -0.25) is 19.1 Å². The molecular formula is C31H25ClF3N7O2. The lowest BCUT2D eigenvalue weighted by molar-refractivity contribution is -0.141. The van der Waals surface area contributed by atoms with Crippen molar-refractivity contribution in [3.05, 3.63) is 106 Å². The molecule has 2 aromatic carbocycles. The number of carbonyl (C=O) groups is 1. The van der Waals surface area contributed by atoms with Gasteiger partial charge in [-0.15, -0.1) is 5.10 Å². The number of nitrogens with one attached hydrogen (secondary N) is 1. The van der Waals surface area contributed by atoms with E-state index in [-0.39, 0.29) is 28.8 Å². The maximum absolute atomic E-state index is 13.7. The van der Waals surface area contributed by atoms with Gasteiger partial charge in [0.1, 0.15) is 0 Å². The number of fused-ring (bicyclic) bond motifs is 4. The third-order valence-electron chi connectivity index (χ3n) is 7.66. The van der Waals surface area contributed by atoms with E-state index in [0.717, 1.165) is 27.6 Å². The van der Waals surface area contributed by atoms with Crippen LogP contribution in [0, 0.1) is 5.92 Å². The van der Waals surface area contributed by atoms with Gasteiger partial charge in [0.15, 0.2) is 5.69 Å². The Balaban J connectivity index is 1.42. The van der Waals surface area contributed by atoms with Crippen molar-refractivity contribution in [2.75, 3.05) is 5.32 Å². The topological polar surface area (TPSA) is 108 Å². The van der Waals surface area contributed by atoms with Gasteiger partial charge in [0.2, 0.25) is 5.91 Å². The summed E-state index contributed by atoms with van der Waals surface area (Å²) in [4.78, 5) is 35.3. The molecule has 44 heavy (non-hydrogen) atoms. The Morgan fingerprint density at radius 1 is 1.02 bits per heavy atom. The summed E-state index contributed by atoms with van der Waals surface area (Å²) in [5.74, 6) is -0.377. The molecule has 1 N–H and O–H groups in total. The second-order valence-electron chi connectivity index (χ2n) is 10.6. The lowest BCUT2D eigenvalue weighted by Gasteiger charge is -2.23. The summed E-state index contributed by atoms with van der Waals surface area (Å²) in [6.07, 6.45) is 2.62. The minimum absolute atomic E-state index is 0.109. The number of anilines is 1. The first-order valence-electron chi connectivity index (χ1n) is 13.8. The van der Waals surface area contributed by atoms with Gasteiger partial charge in [-0.1, -0.05) is 48.4 Å². The first kappa shape index (κ1) is 29.2. The fraction of sp³-hybridized carbons (Fsp3) is 0.226. The second-order valence-corrected chi connectivity index (χ2v) is 11.0. The number of pyridine rings is 1. The number of hydrogen-bond donors (Lipinski definition) is 1. The van der Waals surface area contributed by atoms with Crippen LogP contribution in [0.1, 0.15) is 43.5 Å². The Bertz CT molecular complexity index is 1920. The summed E-state index contributed by atoms with van der Waals surface area (Å²) in [7, 11) is 0. The first-order valence-corrected chi connectivity index (χ1v) is 14.2. The molecule has 6 rings (SSSR count). The predicted octanol–water partition coefficient (Wildman–Crippen LogP) is 6.57. The summed E-state index contributed by atoms with van der Waals surface area (Å²) in [6.45, 7) is 1.86. The van der Waals surface area contributed by atoms with Crippen LogP contribution >= 0.6 is 11.6 Å². The molecule has 2 bridgehead atoms. The molecule has 1 amide bonds. The summed E-state index contributed by atoms with van der Waals surface area (Å²) in [5.41, 5.74) is 2.36. The first-order chi connectivity index (χ1) is 21.1. The fourth-order valence-corrected chi connectivity index (χ4v) is 5.52. The lowest BCUT2D eigenvalue weighted by atomic mass is 9.93. The standard InChI is InChI=1S/C31H25ClF3N7O2/c1-18-4-2-7-26(20-6-3-5-19(12-20)22-10-11-36-15-25(22)38-30(18)44)41-17-37-24(14-29(41)43)23-13-21(32)8-9-27(23)42-16-28(39-40-42)31(33,34)35/h3,5-6,8-18,26H,2,4,7H2,1H3,(H,38,44). The predicted molar refractivity (Wildman–Crippen MR) is 158 cm³/mol. The van der Waals surface area contributed by atoms with Crippen molar-refractivity contribution in [3.8, 4) is 28.1 Å². The number of amides is 1. The van der Waals surface area contributed by atoms with E-state index in [2.05, 4.69) is 25.6 Å². The SMILES string of the molecule is CC1CCCC(n2cnc(-c3cc(Cl)ccc3-n3cc(C(F)(F)F)nn3)cc2=O)c2cccc(c2)-c2ccncc2NC1=O. The Kier molecular flexibility index (Phi) is 7.76. The molecule has 3 aromatic heterocycles. The van der Waals surface area contributed by atoms with Crippen LogP contribution in [0.4, 0.5) is 18.9 Å². The average molecular weight is 620 g/mol. The minimum atomic E-state index is -4.67. The second kappa shape index (κ2) is 11.7. The molecule has 1 aliphatic rings. The van der Waals surface area contributed by atoms with E-state index in [1.54, 1.807) is 12.4 Å². The number of benzene rings is 2. The minimum Gasteiger partial charge on any atom is -0.324 e. The van der Waals surface area contributed by atoms with Crippen LogP contribution in [0.2, 0.25) is 5.02 Å². The van der Waals surface area contributed by atoms with Crippen LogP contribution in [-0.2, 0) is 11.0 Å². The molecule has 0 spiro atoms. The molecule has 224 valence electrons. The van der Waals surface area contributed by atoms with Crippen LogP contribution in [0.3, 0.4) is 0 Å². The van der Waals surface area contributed by atoms with Gasteiger partial charge < -0.3 is 5.32 Å². The van der Waals surface area contributed by atoms with Crippen molar-refractivity contribution in [1.29, 1.82) is 0 Å². The molecule has 0 saturated heterocycles. The number of halogens is 4. The molecule has 13 heteroatoms. The van der Waals surface area contributed by atoms with Crippen molar-refractivity contribution >= 4 is 23.2 Å². The maximum Gasteiger partial charge on any atom is 0.436 e. The Morgan fingerprint density at radius 2 is 1.86 bits per heavy atom. The van der Waals surface area contributed by atoms with E-state index in [1.807, 2.05) is 37.3 Å².